The summed E-state index contributed by atoms with van der Waals surface area (Å²) in [7, 11) is 0. The molecule has 0 heterocycles. The van der Waals surface area contributed by atoms with Gasteiger partial charge in [-0.3, -0.25) is 4.39 Å². The van der Waals surface area contributed by atoms with Crippen molar-refractivity contribution in [2.75, 3.05) is 6.67 Å². The van der Waals surface area contributed by atoms with E-state index in [1.54, 1.807) is 0 Å². The van der Waals surface area contributed by atoms with Gasteiger partial charge in [0.25, 0.3) is 0 Å². The van der Waals surface area contributed by atoms with Crippen LogP contribution in [-0.2, 0) is 0 Å². The summed E-state index contributed by atoms with van der Waals surface area (Å²) in [6.07, 6.45) is 2.54. The van der Waals surface area contributed by atoms with Crippen LogP contribution in [0.1, 0.15) is 47.5 Å². The van der Waals surface area contributed by atoms with Crippen molar-refractivity contribution in [3.63, 3.8) is 0 Å². The van der Waals surface area contributed by atoms with Gasteiger partial charge in [0.15, 0.2) is 0 Å². The average molecular weight is 212 g/mol. The van der Waals surface area contributed by atoms with E-state index in [1.165, 1.54) is 12.8 Å². The van der Waals surface area contributed by atoms with Gasteiger partial charge in [0.1, 0.15) is 0 Å². The molecule has 0 saturated heterocycles. The molecule has 3 saturated carbocycles. The Morgan fingerprint density at radius 1 is 1.20 bits per heavy atom. The summed E-state index contributed by atoms with van der Waals surface area (Å²) in [6, 6.07) is 0. The lowest BCUT2D eigenvalue weighted by molar-refractivity contribution is -0.161. The highest BCUT2D eigenvalue weighted by atomic mass is 19.1. The van der Waals surface area contributed by atoms with E-state index in [9.17, 15) is 4.39 Å². The molecule has 0 nitrogen and oxygen atoms in total. The fourth-order valence-electron chi connectivity index (χ4n) is 4.16. The molecule has 3 aliphatic rings. The van der Waals surface area contributed by atoms with Gasteiger partial charge in [-0.1, -0.05) is 34.6 Å². The molecule has 0 aliphatic heterocycles. The summed E-state index contributed by atoms with van der Waals surface area (Å²) in [5.41, 5.74) is 0.697. The van der Waals surface area contributed by atoms with Crippen LogP contribution in [0, 0.1) is 34.5 Å². The number of halogens is 1. The zero-order valence-corrected chi connectivity index (χ0v) is 10.8. The Morgan fingerprint density at radius 2 is 1.80 bits per heavy atom. The van der Waals surface area contributed by atoms with Gasteiger partial charge in [-0.2, -0.15) is 0 Å². The van der Waals surface area contributed by atoms with Crippen molar-refractivity contribution < 1.29 is 4.39 Å². The maximum absolute atomic E-state index is 13.3. The first kappa shape index (κ1) is 11.4. The average Bonchev–Trinajstić information content (AvgIpc) is 2.14. The molecule has 3 fully saturated rings. The third kappa shape index (κ3) is 1.54. The van der Waals surface area contributed by atoms with E-state index in [0.717, 1.165) is 5.92 Å². The maximum Gasteiger partial charge on any atom is 0.0928 e. The second-order valence-electron chi connectivity index (χ2n) is 7.39. The van der Waals surface area contributed by atoms with Crippen molar-refractivity contribution in [3.05, 3.63) is 0 Å². The lowest BCUT2D eigenvalue weighted by Gasteiger charge is -2.64. The number of hydrogen-bond donors (Lipinski definition) is 0. The maximum atomic E-state index is 13.3. The second-order valence-corrected chi connectivity index (χ2v) is 7.39. The molecule has 2 bridgehead atoms. The van der Waals surface area contributed by atoms with Crippen LogP contribution in [0.25, 0.3) is 0 Å². The van der Waals surface area contributed by atoms with Crippen molar-refractivity contribution in [1.29, 1.82) is 0 Å². The number of fused-ring (bicyclic) bond motifs is 2. The van der Waals surface area contributed by atoms with E-state index < -0.39 is 0 Å². The molecule has 88 valence electrons. The fourth-order valence-corrected chi connectivity index (χ4v) is 4.16. The molecular formula is C14H25F. The van der Waals surface area contributed by atoms with Gasteiger partial charge >= 0.3 is 0 Å². The van der Waals surface area contributed by atoms with Gasteiger partial charge in [0, 0.05) is 0 Å². The first-order chi connectivity index (χ1) is 6.78. The van der Waals surface area contributed by atoms with Crippen molar-refractivity contribution >= 4 is 0 Å². The third-order valence-electron chi connectivity index (χ3n) is 5.41. The lowest BCUT2D eigenvalue weighted by Crippen LogP contribution is -2.58. The molecule has 0 spiro atoms. The largest absolute Gasteiger partial charge is 0.251 e. The Hall–Kier alpha value is -0.0700. The second kappa shape index (κ2) is 3.21. The Balaban J connectivity index is 2.20. The number of alkyl halides is 1. The molecule has 1 heteroatoms. The summed E-state index contributed by atoms with van der Waals surface area (Å²) in [4.78, 5) is 0. The van der Waals surface area contributed by atoms with Crippen LogP contribution in [-0.4, -0.2) is 6.67 Å². The van der Waals surface area contributed by atoms with Gasteiger partial charge in [-0.15, -0.1) is 0 Å². The van der Waals surface area contributed by atoms with Crippen LogP contribution in [0.2, 0.25) is 0 Å². The molecule has 3 rings (SSSR count). The monoisotopic (exact) mass is 212 g/mol. The van der Waals surface area contributed by atoms with Crippen molar-refractivity contribution in [1.82, 2.24) is 0 Å². The SMILES string of the molecule is CC(C)(C)C1C[C@@H]2C[C@H]([C@@H]1CF)C2(C)C. The minimum absolute atomic E-state index is 0.108. The van der Waals surface area contributed by atoms with Gasteiger partial charge < -0.3 is 0 Å². The van der Waals surface area contributed by atoms with Gasteiger partial charge in [-0.25, -0.2) is 0 Å². The Morgan fingerprint density at radius 3 is 2.20 bits per heavy atom. The highest BCUT2D eigenvalue weighted by molar-refractivity contribution is 5.07. The zero-order chi connectivity index (χ0) is 11.4. The summed E-state index contributed by atoms with van der Waals surface area (Å²) in [5, 5.41) is 0. The van der Waals surface area contributed by atoms with Crippen molar-refractivity contribution in [2.24, 2.45) is 34.5 Å². The quantitative estimate of drug-likeness (QED) is 0.608. The van der Waals surface area contributed by atoms with Crippen molar-refractivity contribution in [2.45, 2.75) is 47.5 Å². The van der Waals surface area contributed by atoms with E-state index in [2.05, 4.69) is 34.6 Å². The van der Waals surface area contributed by atoms with Crippen LogP contribution < -0.4 is 0 Å². The van der Waals surface area contributed by atoms with Crippen LogP contribution in [0.5, 0.6) is 0 Å². The molecule has 4 atom stereocenters. The molecule has 0 aromatic rings. The normalized spacial score (nSPS) is 43.6. The molecule has 0 aromatic carbocycles. The molecular weight excluding hydrogens is 187 g/mol. The first-order valence-corrected chi connectivity index (χ1v) is 6.34. The minimum atomic E-state index is -0.108. The summed E-state index contributed by atoms with van der Waals surface area (Å²) < 4.78 is 13.3. The molecule has 0 aromatic heterocycles. The first-order valence-electron chi connectivity index (χ1n) is 6.34. The Labute approximate surface area is 93.6 Å². The topological polar surface area (TPSA) is 0 Å². The third-order valence-corrected chi connectivity index (χ3v) is 5.41. The van der Waals surface area contributed by atoms with Crippen LogP contribution >= 0.6 is 0 Å². The Bertz CT molecular complexity index is 249. The standard InChI is InChI=1S/C14H25F/c1-13(2,3)11-6-9-7-12(10(11)8-15)14(9,4)5/h9-12H,6-8H2,1-5H3/t9-,10-,11?,12-/m1/s1. The molecule has 0 N–H and O–H groups in total. The number of rotatable bonds is 1. The van der Waals surface area contributed by atoms with E-state index in [1.807, 2.05) is 0 Å². The minimum Gasteiger partial charge on any atom is -0.251 e. The van der Waals surface area contributed by atoms with E-state index in [4.69, 9.17) is 0 Å². The van der Waals surface area contributed by atoms with Gasteiger partial charge in [-0.05, 0) is 47.3 Å². The van der Waals surface area contributed by atoms with Crippen LogP contribution in [0.15, 0.2) is 0 Å². The van der Waals surface area contributed by atoms with Crippen LogP contribution in [0.3, 0.4) is 0 Å². The zero-order valence-electron chi connectivity index (χ0n) is 10.8. The molecule has 1 unspecified atom stereocenters. The predicted octanol–water partition coefficient (Wildman–Crippen LogP) is 4.30. The summed E-state index contributed by atoms with van der Waals surface area (Å²) in [6.45, 7) is 11.4. The highest BCUT2D eigenvalue weighted by Crippen LogP contribution is 2.65. The molecule has 0 radical (unpaired) electrons. The highest BCUT2D eigenvalue weighted by Gasteiger charge is 2.59. The van der Waals surface area contributed by atoms with Gasteiger partial charge in [0.05, 0.1) is 6.67 Å². The fraction of sp³-hybridized carbons (Fsp3) is 1.00. The molecule has 0 amide bonds. The number of hydrogen-bond acceptors (Lipinski definition) is 0. The van der Waals surface area contributed by atoms with E-state index in [0.29, 0.717) is 23.2 Å². The lowest BCUT2D eigenvalue weighted by atomic mass is 9.41. The summed E-state index contributed by atoms with van der Waals surface area (Å²) in [5.74, 6) is 2.42. The molecule has 3 aliphatic carbocycles. The van der Waals surface area contributed by atoms with E-state index >= 15 is 0 Å². The smallest absolute Gasteiger partial charge is 0.0928 e. The van der Waals surface area contributed by atoms with Gasteiger partial charge in [0.2, 0.25) is 0 Å². The Kier molecular flexibility index (Phi) is 2.44. The molecule has 15 heavy (non-hydrogen) atoms. The van der Waals surface area contributed by atoms with E-state index in [-0.39, 0.29) is 12.1 Å². The predicted molar refractivity (Wildman–Crippen MR) is 62.4 cm³/mol. The van der Waals surface area contributed by atoms with Crippen LogP contribution in [0.4, 0.5) is 4.39 Å². The van der Waals surface area contributed by atoms with Crippen molar-refractivity contribution in [3.8, 4) is 0 Å². The summed E-state index contributed by atoms with van der Waals surface area (Å²) >= 11 is 0.